The van der Waals surface area contributed by atoms with Gasteiger partial charge in [-0.05, 0) is 77.4 Å². The molecular formula is C30H33F4N7O3S. The number of benzene rings is 2. The Kier molecular flexibility index (Phi) is 9.12. The molecule has 2 heterocycles. The molecule has 0 unspecified atom stereocenters. The minimum absolute atomic E-state index is 0.0875. The quantitative estimate of drug-likeness (QED) is 0.188. The average Bonchev–Trinajstić information content (AvgIpc) is 2.98. The van der Waals surface area contributed by atoms with E-state index >= 15 is 13.2 Å². The highest BCUT2D eigenvalue weighted by Crippen LogP contribution is 2.31. The molecule has 10 nitrogen and oxygen atoms in total. The van der Waals surface area contributed by atoms with Crippen LogP contribution in [0.2, 0.25) is 0 Å². The fourth-order valence-electron chi connectivity index (χ4n) is 5.50. The van der Waals surface area contributed by atoms with Gasteiger partial charge in [0.15, 0.2) is 23.1 Å². The fourth-order valence-corrected chi connectivity index (χ4v) is 6.70. The smallest absolute Gasteiger partial charge is 0.279 e. The maximum absolute atomic E-state index is 15.4. The van der Waals surface area contributed by atoms with Crippen molar-refractivity contribution in [2.24, 2.45) is 0 Å². The Hall–Kier alpha value is -4.11. The van der Waals surface area contributed by atoms with Crippen molar-refractivity contribution in [3.05, 3.63) is 75.7 Å². The predicted molar refractivity (Wildman–Crippen MR) is 163 cm³/mol. The van der Waals surface area contributed by atoms with E-state index in [0.29, 0.717) is 18.1 Å². The molecule has 1 saturated carbocycles. The van der Waals surface area contributed by atoms with Gasteiger partial charge < -0.3 is 10.2 Å². The number of rotatable bonds is 9. The highest BCUT2D eigenvalue weighted by molar-refractivity contribution is 7.91. The molecule has 45 heavy (non-hydrogen) atoms. The number of fused-ring (bicyclic) bond motifs is 1. The summed E-state index contributed by atoms with van der Waals surface area (Å²) >= 11 is 0. The topological polar surface area (TPSA) is 122 Å². The van der Waals surface area contributed by atoms with Crippen LogP contribution in [0.4, 0.5) is 29.2 Å². The number of hydrogen-bond acceptors (Lipinski definition) is 8. The van der Waals surface area contributed by atoms with Crippen molar-refractivity contribution >= 4 is 32.8 Å². The maximum Gasteiger partial charge on any atom is 0.279 e. The molecule has 0 radical (unpaired) electrons. The number of hydrogen-bond donors (Lipinski definition) is 2. The Morgan fingerprint density at radius 3 is 2.29 bits per heavy atom. The van der Waals surface area contributed by atoms with Gasteiger partial charge in [-0.2, -0.15) is 4.98 Å². The molecule has 0 bridgehead atoms. The lowest BCUT2D eigenvalue weighted by Crippen LogP contribution is -2.36. The van der Waals surface area contributed by atoms with Gasteiger partial charge >= 0.3 is 0 Å². The van der Waals surface area contributed by atoms with Gasteiger partial charge in [-0.15, -0.1) is 0 Å². The van der Waals surface area contributed by atoms with Crippen LogP contribution in [0.3, 0.4) is 0 Å². The molecule has 2 N–H and O–H groups in total. The SMILES string of the molecule is CC(C)n1c(=O)c(-c2cc(F)c(NS(=O)(=O)Cc3ccc(F)cc3)c(F)c2F)nc2cnc(N[C@H]3CC[C@H](N(C)C)CC3)nc21. The zero-order valence-corrected chi connectivity index (χ0v) is 25.9. The van der Waals surface area contributed by atoms with E-state index in [4.69, 9.17) is 0 Å². The minimum atomic E-state index is -4.44. The van der Waals surface area contributed by atoms with Crippen molar-refractivity contribution in [2.45, 2.75) is 63.4 Å². The summed E-state index contributed by atoms with van der Waals surface area (Å²) in [5.41, 5.74) is -3.13. The molecule has 15 heteroatoms. The van der Waals surface area contributed by atoms with Gasteiger partial charge in [0.05, 0.1) is 11.9 Å². The fraction of sp³-hybridized carbons (Fsp3) is 0.400. The Bertz CT molecular complexity index is 1890. The van der Waals surface area contributed by atoms with Crippen molar-refractivity contribution in [1.29, 1.82) is 0 Å². The van der Waals surface area contributed by atoms with Crippen LogP contribution < -0.4 is 15.6 Å². The summed E-state index contributed by atoms with van der Waals surface area (Å²) in [7, 11) is -0.331. The Balaban J connectivity index is 1.47. The second kappa shape index (κ2) is 12.7. The minimum Gasteiger partial charge on any atom is -0.351 e. The number of anilines is 2. The number of nitrogens with one attached hydrogen (secondary N) is 2. The first-order chi connectivity index (χ1) is 21.2. The lowest BCUT2D eigenvalue weighted by molar-refractivity contribution is 0.221. The Labute approximate surface area is 257 Å². The molecule has 0 spiro atoms. The summed E-state index contributed by atoms with van der Waals surface area (Å²) in [6.07, 6.45) is 5.18. The van der Waals surface area contributed by atoms with E-state index in [1.807, 2.05) is 0 Å². The molecule has 240 valence electrons. The molecule has 5 rings (SSSR count). The Morgan fingerprint density at radius 2 is 1.67 bits per heavy atom. The number of halogens is 4. The average molecular weight is 648 g/mol. The van der Waals surface area contributed by atoms with Gasteiger partial charge in [-0.1, -0.05) is 12.1 Å². The van der Waals surface area contributed by atoms with E-state index in [-0.39, 0.29) is 22.8 Å². The van der Waals surface area contributed by atoms with Gasteiger partial charge in [0, 0.05) is 23.7 Å². The van der Waals surface area contributed by atoms with Gasteiger partial charge in [0.2, 0.25) is 16.0 Å². The van der Waals surface area contributed by atoms with Crippen LogP contribution >= 0.6 is 0 Å². The summed E-state index contributed by atoms with van der Waals surface area (Å²) in [6, 6.07) is 5.08. The van der Waals surface area contributed by atoms with Crippen molar-refractivity contribution in [2.75, 3.05) is 24.1 Å². The van der Waals surface area contributed by atoms with Gasteiger partial charge in [-0.25, -0.2) is 35.9 Å². The first-order valence-electron chi connectivity index (χ1n) is 14.4. The van der Waals surface area contributed by atoms with Crippen LogP contribution in [0.25, 0.3) is 22.4 Å². The second-order valence-corrected chi connectivity index (χ2v) is 13.4. The molecule has 0 amide bonds. The highest BCUT2D eigenvalue weighted by atomic mass is 32.2. The molecule has 1 aliphatic carbocycles. The van der Waals surface area contributed by atoms with Crippen LogP contribution in [0.1, 0.15) is 51.1 Å². The number of aromatic nitrogens is 4. The monoisotopic (exact) mass is 647 g/mol. The Morgan fingerprint density at radius 1 is 1.00 bits per heavy atom. The highest BCUT2D eigenvalue weighted by Gasteiger charge is 2.28. The van der Waals surface area contributed by atoms with E-state index < -0.39 is 67.6 Å². The van der Waals surface area contributed by atoms with Crippen LogP contribution in [0.5, 0.6) is 0 Å². The lowest BCUT2D eigenvalue weighted by atomic mass is 9.91. The summed E-state index contributed by atoms with van der Waals surface area (Å²) in [5.74, 6) is -6.06. The molecule has 1 aliphatic rings. The largest absolute Gasteiger partial charge is 0.351 e. The summed E-state index contributed by atoms with van der Waals surface area (Å²) in [4.78, 5) is 28.8. The maximum atomic E-state index is 15.4. The predicted octanol–water partition coefficient (Wildman–Crippen LogP) is 5.22. The lowest BCUT2D eigenvalue weighted by Gasteiger charge is -2.32. The van der Waals surface area contributed by atoms with Crippen molar-refractivity contribution < 1.29 is 26.0 Å². The molecule has 0 saturated heterocycles. The zero-order chi connectivity index (χ0) is 32.6. The van der Waals surface area contributed by atoms with Crippen molar-refractivity contribution in [3.63, 3.8) is 0 Å². The molecule has 2 aromatic heterocycles. The third-order valence-electron chi connectivity index (χ3n) is 7.85. The standard InChI is InChI=1S/C30H33F4N7O3S/c1-16(2)41-28-23(14-35-30(38-28)36-19-9-11-20(12-10-19)40(3)4)37-26(29(41)42)21-13-22(32)27(25(34)24(21)33)39-45(43,44)15-17-5-7-18(31)8-6-17/h5-8,13-14,16,19-20,39H,9-12,15H2,1-4H3,(H,35,36,38)/t19-,20-. The van der Waals surface area contributed by atoms with Gasteiger partial charge in [0.25, 0.3) is 5.56 Å². The first-order valence-corrected chi connectivity index (χ1v) is 16.0. The van der Waals surface area contributed by atoms with Crippen LogP contribution in [-0.4, -0.2) is 59.0 Å². The summed E-state index contributed by atoms with van der Waals surface area (Å²) in [6.45, 7) is 3.39. The molecule has 0 aliphatic heterocycles. The van der Waals surface area contributed by atoms with Crippen LogP contribution in [-0.2, 0) is 15.8 Å². The van der Waals surface area contributed by atoms with Gasteiger partial charge in [-0.3, -0.25) is 14.1 Å². The number of nitrogens with zero attached hydrogens (tertiary/aromatic N) is 5. The van der Waals surface area contributed by atoms with Gasteiger partial charge in [0.1, 0.15) is 22.7 Å². The third-order valence-corrected chi connectivity index (χ3v) is 9.08. The molecule has 1 fully saturated rings. The zero-order valence-electron chi connectivity index (χ0n) is 25.1. The van der Waals surface area contributed by atoms with Crippen LogP contribution in [0.15, 0.2) is 41.3 Å². The normalized spacial score (nSPS) is 17.3. The van der Waals surface area contributed by atoms with E-state index in [2.05, 4.69) is 39.3 Å². The van der Waals surface area contributed by atoms with Crippen molar-refractivity contribution in [3.8, 4) is 11.3 Å². The second-order valence-electron chi connectivity index (χ2n) is 11.6. The van der Waals surface area contributed by atoms with Crippen molar-refractivity contribution in [1.82, 2.24) is 24.4 Å². The first kappa shape index (κ1) is 32.3. The molecular weight excluding hydrogens is 614 g/mol. The van der Waals surface area contributed by atoms with Crippen LogP contribution in [0, 0.1) is 23.3 Å². The van der Waals surface area contributed by atoms with E-state index in [0.717, 1.165) is 37.8 Å². The third kappa shape index (κ3) is 6.93. The molecule has 2 aromatic carbocycles. The van der Waals surface area contributed by atoms with E-state index in [1.54, 1.807) is 18.6 Å². The summed E-state index contributed by atoms with van der Waals surface area (Å²) < 4.78 is 87.2. The van der Waals surface area contributed by atoms with E-state index in [9.17, 15) is 17.6 Å². The molecule has 4 aromatic rings. The molecule has 0 atom stereocenters. The number of sulfonamides is 1. The van der Waals surface area contributed by atoms with E-state index in [1.165, 1.54) is 22.9 Å². The summed E-state index contributed by atoms with van der Waals surface area (Å²) in [5, 5.41) is 3.32.